The summed E-state index contributed by atoms with van der Waals surface area (Å²) < 4.78 is 31.6. The number of sulfonamides is 1. The van der Waals surface area contributed by atoms with E-state index in [1.165, 1.54) is 19.2 Å². The fraction of sp³-hybridized carbons (Fsp3) is 0.278. The molecule has 0 atom stereocenters. The number of nitrogens with zero attached hydrogens (tertiary/aromatic N) is 1. The van der Waals surface area contributed by atoms with E-state index in [1.54, 1.807) is 37.3 Å². The summed E-state index contributed by atoms with van der Waals surface area (Å²) in [6, 6.07) is 11.2. The molecular weight excluding hydrogens is 376 g/mol. The third-order valence-electron chi connectivity index (χ3n) is 3.83. The van der Waals surface area contributed by atoms with Crippen LogP contribution >= 0.6 is 11.6 Å². The summed E-state index contributed by atoms with van der Waals surface area (Å²) >= 11 is 6.04. The normalized spacial score (nSPS) is 11.4. The van der Waals surface area contributed by atoms with Crippen LogP contribution in [0.25, 0.3) is 0 Å². The number of halogens is 1. The molecule has 6 nitrogen and oxygen atoms in total. The number of hydrogen-bond acceptors (Lipinski definition) is 4. The highest BCUT2D eigenvalue weighted by Crippen LogP contribution is 2.21. The number of rotatable bonds is 7. The Morgan fingerprint density at radius 3 is 2.38 bits per heavy atom. The Morgan fingerprint density at radius 1 is 1.19 bits per heavy atom. The number of carbonyl (C=O) groups excluding carboxylic acids is 1. The largest absolute Gasteiger partial charge is 0.497 e. The van der Waals surface area contributed by atoms with Crippen LogP contribution in [0.5, 0.6) is 5.75 Å². The van der Waals surface area contributed by atoms with Gasteiger partial charge in [0.1, 0.15) is 5.75 Å². The van der Waals surface area contributed by atoms with Crippen molar-refractivity contribution < 1.29 is 17.9 Å². The van der Waals surface area contributed by atoms with E-state index < -0.39 is 15.9 Å². The number of carbonyl (C=O) groups is 1. The van der Waals surface area contributed by atoms with E-state index in [9.17, 15) is 13.2 Å². The smallest absolute Gasteiger partial charge is 0.243 e. The predicted octanol–water partition coefficient (Wildman–Crippen LogP) is 3.31. The van der Waals surface area contributed by atoms with Crippen molar-refractivity contribution in [1.82, 2.24) is 4.31 Å². The van der Waals surface area contributed by atoms with Crippen molar-refractivity contribution in [3.05, 3.63) is 53.1 Å². The molecule has 1 amide bonds. The fourth-order valence-electron chi connectivity index (χ4n) is 2.29. The molecule has 0 bridgehead atoms. The topological polar surface area (TPSA) is 75.7 Å². The van der Waals surface area contributed by atoms with Crippen molar-refractivity contribution in [3.63, 3.8) is 0 Å². The van der Waals surface area contributed by atoms with E-state index in [0.717, 1.165) is 9.87 Å². The third kappa shape index (κ3) is 4.75. The molecule has 0 aliphatic heterocycles. The molecule has 2 rings (SSSR count). The molecule has 2 aromatic rings. The Labute approximate surface area is 158 Å². The van der Waals surface area contributed by atoms with E-state index in [1.807, 2.05) is 6.92 Å². The SMILES string of the molecule is CCN(CC(=O)Nc1ccc(C)c(Cl)c1)S(=O)(=O)c1ccc(OC)cc1. The second-order valence-corrected chi connectivity index (χ2v) is 7.96. The predicted molar refractivity (Wildman–Crippen MR) is 102 cm³/mol. The summed E-state index contributed by atoms with van der Waals surface area (Å²) in [7, 11) is -2.28. The standard InChI is InChI=1S/C18H21ClN2O4S/c1-4-21(26(23,24)16-9-7-15(25-3)8-10-16)12-18(22)20-14-6-5-13(2)17(19)11-14/h5-11H,4,12H2,1-3H3,(H,20,22). The number of nitrogens with one attached hydrogen (secondary N) is 1. The van der Waals surface area contributed by atoms with Crippen molar-refractivity contribution in [2.45, 2.75) is 18.7 Å². The maximum absolute atomic E-state index is 12.7. The van der Waals surface area contributed by atoms with Gasteiger partial charge in [0.15, 0.2) is 0 Å². The van der Waals surface area contributed by atoms with Gasteiger partial charge in [0.05, 0.1) is 18.6 Å². The van der Waals surface area contributed by atoms with Crippen LogP contribution in [0.1, 0.15) is 12.5 Å². The molecule has 1 N–H and O–H groups in total. The van der Waals surface area contributed by atoms with Gasteiger partial charge in [-0.2, -0.15) is 4.31 Å². The van der Waals surface area contributed by atoms with Gasteiger partial charge < -0.3 is 10.1 Å². The first-order chi connectivity index (χ1) is 12.3. The summed E-state index contributed by atoms with van der Waals surface area (Å²) in [5, 5.41) is 3.20. The highest BCUT2D eigenvalue weighted by molar-refractivity contribution is 7.89. The summed E-state index contributed by atoms with van der Waals surface area (Å²) in [5.41, 5.74) is 1.41. The van der Waals surface area contributed by atoms with Crippen LogP contribution in [0.3, 0.4) is 0 Å². The Morgan fingerprint density at radius 2 is 1.85 bits per heavy atom. The molecule has 0 fully saturated rings. The molecular formula is C18H21ClN2O4S. The molecule has 0 aliphatic rings. The van der Waals surface area contributed by atoms with Crippen LogP contribution in [-0.4, -0.2) is 38.8 Å². The minimum absolute atomic E-state index is 0.103. The van der Waals surface area contributed by atoms with Crippen LogP contribution in [0.4, 0.5) is 5.69 Å². The van der Waals surface area contributed by atoms with Crippen LogP contribution in [0.15, 0.2) is 47.4 Å². The minimum atomic E-state index is -3.79. The average molecular weight is 397 g/mol. The van der Waals surface area contributed by atoms with E-state index >= 15 is 0 Å². The molecule has 0 unspecified atom stereocenters. The van der Waals surface area contributed by atoms with Crippen molar-refractivity contribution in [2.75, 3.05) is 25.5 Å². The van der Waals surface area contributed by atoms with E-state index in [4.69, 9.17) is 16.3 Å². The summed E-state index contributed by atoms with van der Waals surface area (Å²) in [6.45, 7) is 3.40. The quantitative estimate of drug-likeness (QED) is 0.779. The van der Waals surface area contributed by atoms with Gasteiger partial charge in [-0.1, -0.05) is 24.6 Å². The molecule has 0 saturated heterocycles. The number of anilines is 1. The molecule has 0 aromatic heterocycles. The van der Waals surface area contributed by atoms with Gasteiger partial charge >= 0.3 is 0 Å². The molecule has 0 heterocycles. The van der Waals surface area contributed by atoms with Gasteiger partial charge in [-0.05, 0) is 48.9 Å². The number of likely N-dealkylation sites (N-methyl/N-ethyl adjacent to an activating group) is 1. The van der Waals surface area contributed by atoms with Crippen LogP contribution in [0, 0.1) is 6.92 Å². The number of hydrogen-bond donors (Lipinski definition) is 1. The number of amides is 1. The summed E-state index contributed by atoms with van der Waals surface area (Å²) in [4.78, 5) is 12.4. The second-order valence-electron chi connectivity index (χ2n) is 5.62. The summed E-state index contributed by atoms with van der Waals surface area (Å²) in [6.07, 6.45) is 0. The number of benzene rings is 2. The molecule has 0 saturated carbocycles. The monoisotopic (exact) mass is 396 g/mol. The van der Waals surface area contributed by atoms with Crippen molar-refractivity contribution in [1.29, 1.82) is 0 Å². The van der Waals surface area contributed by atoms with Gasteiger partial charge in [0.25, 0.3) is 0 Å². The third-order valence-corrected chi connectivity index (χ3v) is 6.17. The second kappa shape index (κ2) is 8.53. The first kappa shape index (κ1) is 20.2. The lowest BCUT2D eigenvalue weighted by Gasteiger charge is -2.20. The molecule has 140 valence electrons. The van der Waals surface area contributed by atoms with Crippen LogP contribution in [0.2, 0.25) is 5.02 Å². The lowest BCUT2D eigenvalue weighted by Crippen LogP contribution is -2.37. The zero-order valence-electron chi connectivity index (χ0n) is 14.8. The Kier molecular flexibility index (Phi) is 6.63. The van der Waals surface area contributed by atoms with Crippen molar-refractivity contribution >= 4 is 33.2 Å². The zero-order valence-corrected chi connectivity index (χ0v) is 16.4. The van der Waals surface area contributed by atoms with Gasteiger partial charge in [-0.15, -0.1) is 0 Å². The molecule has 0 aliphatic carbocycles. The molecule has 26 heavy (non-hydrogen) atoms. The maximum atomic E-state index is 12.7. The number of methoxy groups -OCH3 is 1. The van der Waals surface area contributed by atoms with Gasteiger partial charge in [-0.25, -0.2) is 8.42 Å². The van der Waals surface area contributed by atoms with E-state index in [0.29, 0.717) is 16.5 Å². The molecule has 2 aromatic carbocycles. The molecule has 8 heteroatoms. The Balaban J connectivity index is 2.13. The fourth-order valence-corrected chi connectivity index (χ4v) is 3.88. The van der Waals surface area contributed by atoms with E-state index in [2.05, 4.69) is 5.32 Å². The lowest BCUT2D eigenvalue weighted by molar-refractivity contribution is -0.116. The Hall–Kier alpha value is -2.09. The molecule has 0 radical (unpaired) electrons. The molecule has 0 spiro atoms. The van der Waals surface area contributed by atoms with Gasteiger partial charge in [0.2, 0.25) is 15.9 Å². The summed E-state index contributed by atoms with van der Waals surface area (Å²) in [5.74, 6) is 0.116. The van der Waals surface area contributed by atoms with Crippen molar-refractivity contribution in [3.8, 4) is 5.75 Å². The zero-order chi connectivity index (χ0) is 19.3. The highest BCUT2D eigenvalue weighted by atomic mass is 35.5. The number of ether oxygens (including phenoxy) is 1. The minimum Gasteiger partial charge on any atom is -0.497 e. The first-order valence-electron chi connectivity index (χ1n) is 7.98. The van der Waals surface area contributed by atoms with Crippen LogP contribution < -0.4 is 10.1 Å². The maximum Gasteiger partial charge on any atom is 0.243 e. The number of aryl methyl sites for hydroxylation is 1. The van der Waals surface area contributed by atoms with Crippen molar-refractivity contribution in [2.24, 2.45) is 0 Å². The average Bonchev–Trinajstić information content (AvgIpc) is 2.62. The highest BCUT2D eigenvalue weighted by Gasteiger charge is 2.25. The first-order valence-corrected chi connectivity index (χ1v) is 9.80. The Bertz CT molecular complexity index is 883. The van der Waals surface area contributed by atoms with Gasteiger partial charge in [0, 0.05) is 17.3 Å². The van der Waals surface area contributed by atoms with E-state index in [-0.39, 0.29) is 18.0 Å². The lowest BCUT2D eigenvalue weighted by atomic mass is 10.2. The van der Waals surface area contributed by atoms with Crippen LogP contribution in [-0.2, 0) is 14.8 Å². The van der Waals surface area contributed by atoms with Gasteiger partial charge in [-0.3, -0.25) is 4.79 Å².